The Hall–Kier alpha value is -1.86. The maximum Gasteiger partial charge on any atom is 0.188 e. The highest BCUT2D eigenvalue weighted by Crippen LogP contribution is 2.10. The van der Waals surface area contributed by atoms with Crippen molar-refractivity contribution in [1.29, 1.82) is 0 Å². The number of amidine groups is 1. The zero-order chi connectivity index (χ0) is 13.9. The summed E-state index contributed by atoms with van der Waals surface area (Å²) in [4.78, 5) is 3.95. The van der Waals surface area contributed by atoms with Crippen LogP contribution in [0.1, 0.15) is 12.1 Å². The van der Waals surface area contributed by atoms with Crippen LogP contribution in [0.15, 0.2) is 23.5 Å². The molecule has 106 valence electrons. The Balaban J connectivity index is 2.26. The number of ether oxygens (including phenoxy) is 3. The van der Waals surface area contributed by atoms with Gasteiger partial charge in [0.05, 0.1) is 6.61 Å². The van der Waals surface area contributed by atoms with Crippen LogP contribution < -0.4 is 10.5 Å². The van der Waals surface area contributed by atoms with Crippen molar-refractivity contribution >= 4 is 5.84 Å². The summed E-state index contributed by atoms with van der Waals surface area (Å²) in [5.74, 6) is 0.540. The molecule has 0 unspecified atom stereocenters. The minimum Gasteiger partial charge on any atom is -0.491 e. The number of hydrogen-bond donors (Lipinski definition) is 2. The van der Waals surface area contributed by atoms with E-state index in [2.05, 4.69) is 10.1 Å². The van der Waals surface area contributed by atoms with Gasteiger partial charge in [-0.25, -0.2) is 0 Å². The van der Waals surface area contributed by atoms with Crippen molar-refractivity contribution in [1.82, 2.24) is 4.98 Å². The number of oxime groups is 1. The Morgan fingerprint density at radius 3 is 2.95 bits per heavy atom. The van der Waals surface area contributed by atoms with Gasteiger partial charge in [-0.3, -0.25) is 4.98 Å². The molecule has 19 heavy (non-hydrogen) atoms. The number of methoxy groups -OCH3 is 1. The Bertz CT molecular complexity index is 398. The van der Waals surface area contributed by atoms with E-state index < -0.39 is 0 Å². The minimum absolute atomic E-state index is 0.0544. The van der Waals surface area contributed by atoms with Gasteiger partial charge in [0.25, 0.3) is 0 Å². The Morgan fingerprint density at radius 2 is 2.21 bits per heavy atom. The Kier molecular flexibility index (Phi) is 7.30. The summed E-state index contributed by atoms with van der Waals surface area (Å²) in [5, 5.41) is 11.4. The molecule has 3 N–H and O–H groups in total. The van der Waals surface area contributed by atoms with Crippen LogP contribution >= 0.6 is 0 Å². The lowest BCUT2D eigenvalue weighted by Gasteiger charge is -2.07. The molecule has 0 saturated heterocycles. The molecule has 7 nitrogen and oxygen atoms in total. The van der Waals surface area contributed by atoms with Gasteiger partial charge in [0.15, 0.2) is 5.84 Å². The van der Waals surface area contributed by atoms with E-state index in [1.165, 1.54) is 6.20 Å². The average Bonchev–Trinajstić information content (AvgIpc) is 2.46. The van der Waals surface area contributed by atoms with Gasteiger partial charge >= 0.3 is 0 Å². The highest BCUT2D eigenvalue weighted by Gasteiger charge is 2.02. The fourth-order valence-electron chi connectivity index (χ4n) is 1.32. The van der Waals surface area contributed by atoms with Crippen LogP contribution in [0.4, 0.5) is 0 Å². The molecular formula is C12H19N3O4. The monoisotopic (exact) mass is 269 g/mol. The molecule has 0 aliphatic rings. The summed E-state index contributed by atoms with van der Waals surface area (Å²) >= 11 is 0. The lowest BCUT2D eigenvalue weighted by Crippen LogP contribution is -2.15. The second-order valence-electron chi connectivity index (χ2n) is 3.67. The van der Waals surface area contributed by atoms with E-state index in [4.69, 9.17) is 25.2 Å². The second-order valence-corrected chi connectivity index (χ2v) is 3.67. The zero-order valence-corrected chi connectivity index (χ0v) is 10.9. The van der Waals surface area contributed by atoms with Crippen LogP contribution in [0.25, 0.3) is 0 Å². The standard InChI is InChI=1S/C12H19N3O4/c1-17-5-2-6-18-7-8-19-10-3-4-14-11(9-10)12(13)15-16/h3-4,9,16H,2,5-8H2,1H3,(H2,13,15). The van der Waals surface area contributed by atoms with Gasteiger partial charge in [-0.2, -0.15) is 0 Å². The lowest BCUT2D eigenvalue weighted by molar-refractivity contribution is 0.0806. The van der Waals surface area contributed by atoms with Crippen LogP contribution in [-0.2, 0) is 9.47 Å². The van der Waals surface area contributed by atoms with E-state index >= 15 is 0 Å². The van der Waals surface area contributed by atoms with Crippen molar-refractivity contribution in [3.05, 3.63) is 24.0 Å². The molecule has 0 radical (unpaired) electrons. The van der Waals surface area contributed by atoms with Crippen molar-refractivity contribution in [2.75, 3.05) is 33.5 Å². The highest BCUT2D eigenvalue weighted by molar-refractivity contribution is 5.95. The van der Waals surface area contributed by atoms with Crippen molar-refractivity contribution in [3.63, 3.8) is 0 Å². The van der Waals surface area contributed by atoms with Gasteiger partial charge in [0, 0.05) is 32.6 Å². The average molecular weight is 269 g/mol. The summed E-state index contributed by atoms with van der Waals surface area (Å²) in [6.45, 7) is 2.24. The number of nitrogens with two attached hydrogens (primary N) is 1. The van der Waals surface area contributed by atoms with E-state index in [-0.39, 0.29) is 5.84 Å². The molecule has 0 spiro atoms. The van der Waals surface area contributed by atoms with Gasteiger partial charge in [0.2, 0.25) is 0 Å². The summed E-state index contributed by atoms with van der Waals surface area (Å²) < 4.78 is 15.7. The lowest BCUT2D eigenvalue weighted by atomic mass is 10.3. The molecule has 0 saturated carbocycles. The first-order valence-electron chi connectivity index (χ1n) is 5.91. The first kappa shape index (κ1) is 15.2. The maximum atomic E-state index is 8.55. The van der Waals surface area contributed by atoms with E-state index in [0.29, 0.717) is 37.9 Å². The van der Waals surface area contributed by atoms with Crippen LogP contribution in [0.5, 0.6) is 5.75 Å². The Labute approximate surface area is 112 Å². The van der Waals surface area contributed by atoms with Crippen molar-refractivity contribution in [2.24, 2.45) is 10.9 Å². The third kappa shape index (κ3) is 6.03. The minimum atomic E-state index is -0.0544. The zero-order valence-electron chi connectivity index (χ0n) is 10.9. The van der Waals surface area contributed by atoms with Crippen LogP contribution in [0, 0.1) is 0 Å². The van der Waals surface area contributed by atoms with Gasteiger partial charge in [-0.15, -0.1) is 0 Å². The van der Waals surface area contributed by atoms with Gasteiger partial charge in [-0.05, 0) is 12.5 Å². The van der Waals surface area contributed by atoms with E-state index in [9.17, 15) is 0 Å². The molecule has 1 aromatic heterocycles. The highest BCUT2D eigenvalue weighted by atomic mass is 16.5. The number of pyridine rings is 1. The topological polar surface area (TPSA) is 99.2 Å². The number of rotatable bonds is 9. The predicted octanol–water partition coefficient (Wildman–Crippen LogP) is 0.608. The molecule has 0 bridgehead atoms. The third-order valence-corrected chi connectivity index (χ3v) is 2.24. The van der Waals surface area contributed by atoms with Crippen LogP contribution in [0.3, 0.4) is 0 Å². The fraction of sp³-hybridized carbons (Fsp3) is 0.500. The predicted molar refractivity (Wildman–Crippen MR) is 69.6 cm³/mol. The quantitative estimate of drug-likeness (QED) is 0.224. The van der Waals surface area contributed by atoms with Crippen molar-refractivity contribution in [3.8, 4) is 5.75 Å². The smallest absolute Gasteiger partial charge is 0.188 e. The first-order chi connectivity index (χ1) is 9.27. The molecule has 0 aliphatic carbocycles. The second kappa shape index (κ2) is 9.12. The molecule has 0 amide bonds. The number of aromatic nitrogens is 1. The third-order valence-electron chi connectivity index (χ3n) is 2.24. The van der Waals surface area contributed by atoms with Crippen LogP contribution in [-0.4, -0.2) is 49.6 Å². The molecule has 0 aromatic carbocycles. The van der Waals surface area contributed by atoms with Gasteiger partial charge in [0.1, 0.15) is 18.1 Å². The molecule has 0 aliphatic heterocycles. The van der Waals surface area contributed by atoms with Crippen LogP contribution in [0.2, 0.25) is 0 Å². The molecule has 1 rings (SSSR count). The molecule has 0 atom stereocenters. The van der Waals surface area contributed by atoms with Gasteiger partial charge in [-0.1, -0.05) is 5.16 Å². The molecular weight excluding hydrogens is 250 g/mol. The normalized spacial score (nSPS) is 11.5. The molecule has 7 heteroatoms. The Morgan fingerprint density at radius 1 is 1.37 bits per heavy atom. The summed E-state index contributed by atoms with van der Waals surface area (Å²) in [5.41, 5.74) is 5.79. The first-order valence-corrected chi connectivity index (χ1v) is 5.91. The molecule has 0 fully saturated rings. The maximum absolute atomic E-state index is 8.55. The van der Waals surface area contributed by atoms with Gasteiger partial charge < -0.3 is 25.2 Å². The number of hydrogen-bond acceptors (Lipinski definition) is 6. The molecule has 1 heterocycles. The summed E-state index contributed by atoms with van der Waals surface area (Å²) in [6.07, 6.45) is 2.39. The molecule has 1 aromatic rings. The van der Waals surface area contributed by atoms with Crippen molar-refractivity contribution in [2.45, 2.75) is 6.42 Å². The SMILES string of the molecule is COCCCOCCOc1ccnc(/C(N)=N/O)c1. The van der Waals surface area contributed by atoms with Crippen molar-refractivity contribution < 1.29 is 19.4 Å². The van der Waals surface area contributed by atoms with E-state index in [1.54, 1.807) is 19.2 Å². The summed E-state index contributed by atoms with van der Waals surface area (Å²) in [6, 6.07) is 3.29. The number of nitrogens with zero attached hydrogens (tertiary/aromatic N) is 2. The fourth-order valence-corrected chi connectivity index (χ4v) is 1.32. The largest absolute Gasteiger partial charge is 0.491 e. The van der Waals surface area contributed by atoms with E-state index in [0.717, 1.165) is 6.42 Å². The summed E-state index contributed by atoms with van der Waals surface area (Å²) in [7, 11) is 1.66. The van der Waals surface area contributed by atoms with E-state index in [1.807, 2.05) is 0 Å².